The van der Waals surface area contributed by atoms with E-state index in [0.29, 0.717) is 5.69 Å². The second kappa shape index (κ2) is 3.69. The van der Waals surface area contributed by atoms with E-state index in [9.17, 15) is 4.79 Å². The van der Waals surface area contributed by atoms with Crippen LogP contribution in [0.15, 0.2) is 12.4 Å². The molecule has 1 aromatic heterocycles. The normalized spacial score (nSPS) is 11.4. The Hall–Kier alpha value is -1.52. The largest absolute Gasteiger partial charge is 0.396 e. The first kappa shape index (κ1) is 10.6. The third-order valence-electron chi connectivity index (χ3n) is 1.47. The second-order valence-electron chi connectivity index (χ2n) is 4.27. The number of carbonyl (C=O) groups is 1. The smallest absolute Gasteiger partial charge is 0.242 e. The molecular formula is C9H16N4O. The fraction of sp³-hybridized carbons (Fsp3) is 0.556. The summed E-state index contributed by atoms with van der Waals surface area (Å²) in [6.45, 7) is 6.00. The molecule has 1 amide bonds. The number of carbonyl (C=O) groups excluding carboxylic acids is 1. The van der Waals surface area contributed by atoms with Gasteiger partial charge in [-0.3, -0.25) is 9.48 Å². The van der Waals surface area contributed by atoms with E-state index in [1.807, 2.05) is 20.8 Å². The van der Waals surface area contributed by atoms with Crippen molar-refractivity contribution in [1.82, 2.24) is 15.1 Å². The molecule has 1 aromatic rings. The molecule has 14 heavy (non-hydrogen) atoms. The number of nitrogen functional groups attached to an aromatic ring is 1. The third kappa shape index (κ3) is 3.47. The van der Waals surface area contributed by atoms with Crippen molar-refractivity contribution in [3.63, 3.8) is 0 Å². The Morgan fingerprint density at radius 1 is 1.64 bits per heavy atom. The van der Waals surface area contributed by atoms with E-state index in [-0.39, 0.29) is 18.0 Å². The van der Waals surface area contributed by atoms with Crippen LogP contribution in [-0.4, -0.2) is 21.2 Å². The van der Waals surface area contributed by atoms with Gasteiger partial charge in [-0.2, -0.15) is 5.10 Å². The van der Waals surface area contributed by atoms with Gasteiger partial charge < -0.3 is 11.1 Å². The Morgan fingerprint density at radius 2 is 2.29 bits per heavy atom. The first-order valence-corrected chi connectivity index (χ1v) is 4.46. The maximum atomic E-state index is 11.4. The molecule has 0 bridgehead atoms. The van der Waals surface area contributed by atoms with Crippen molar-refractivity contribution in [2.24, 2.45) is 0 Å². The van der Waals surface area contributed by atoms with Crippen molar-refractivity contribution < 1.29 is 4.79 Å². The number of hydrogen-bond donors (Lipinski definition) is 2. The van der Waals surface area contributed by atoms with E-state index >= 15 is 0 Å². The molecule has 0 radical (unpaired) electrons. The van der Waals surface area contributed by atoms with Gasteiger partial charge >= 0.3 is 0 Å². The molecule has 0 saturated heterocycles. The molecule has 78 valence electrons. The van der Waals surface area contributed by atoms with Crippen molar-refractivity contribution in [2.45, 2.75) is 32.9 Å². The third-order valence-corrected chi connectivity index (χ3v) is 1.47. The monoisotopic (exact) mass is 196 g/mol. The van der Waals surface area contributed by atoms with E-state index in [2.05, 4.69) is 10.4 Å². The lowest BCUT2D eigenvalue weighted by atomic mass is 10.1. The first-order valence-electron chi connectivity index (χ1n) is 4.46. The van der Waals surface area contributed by atoms with Gasteiger partial charge in [0.1, 0.15) is 6.54 Å². The zero-order chi connectivity index (χ0) is 10.8. The van der Waals surface area contributed by atoms with Gasteiger partial charge in [0.25, 0.3) is 0 Å². The van der Waals surface area contributed by atoms with Gasteiger partial charge in [-0.15, -0.1) is 0 Å². The molecule has 0 aromatic carbocycles. The SMILES string of the molecule is CC(C)(C)NC(=O)Cn1cc(N)cn1. The van der Waals surface area contributed by atoms with Gasteiger partial charge in [0.05, 0.1) is 11.9 Å². The fourth-order valence-electron chi connectivity index (χ4n) is 1.07. The van der Waals surface area contributed by atoms with Gasteiger partial charge in [-0.05, 0) is 20.8 Å². The number of nitrogens with one attached hydrogen (secondary N) is 1. The van der Waals surface area contributed by atoms with Crippen LogP contribution >= 0.6 is 0 Å². The molecule has 3 N–H and O–H groups in total. The summed E-state index contributed by atoms with van der Waals surface area (Å²) >= 11 is 0. The zero-order valence-electron chi connectivity index (χ0n) is 8.74. The Kier molecular flexibility index (Phi) is 2.78. The van der Waals surface area contributed by atoms with Crippen LogP contribution in [0.3, 0.4) is 0 Å². The number of nitrogens with two attached hydrogens (primary N) is 1. The van der Waals surface area contributed by atoms with Crippen molar-refractivity contribution in [2.75, 3.05) is 5.73 Å². The highest BCUT2D eigenvalue weighted by atomic mass is 16.2. The Labute approximate surface area is 83.3 Å². The Balaban J connectivity index is 2.50. The highest BCUT2D eigenvalue weighted by Gasteiger charge is 2.13. The fourth-order valence-corrected chi connectivity index (χ4v) is 1.07. The molecule has 1 heterocycles. The number of aromatic nitrogens is 2. The molecule has 1 rings (SSSR count). The molecule has 0 aliphatic heterocycles. The number of nitrogens with zero attached hydrogens (tertiary/aromatic N) is 2. The minimum Gasteiger partial charge on any atom is -0.396 e. The molecule has 0 unspecified atom stereocenters. The summed E-state index contributed by atoms with van der Waals surface area (Å²) in [5.74, 6) is -0.0689. The van der Waals surface area contributed by atoms with Crippen LogP contribution < -0.4 is 11.1 Å². The van der Waals surface area contributed by atoms with Crippen LogP contribution in [-0.2, 0) is 11.3 Å². The highest BCUT2D eigenvalue weighted by Crippen LogP contribution is 2.00. The van der Waals surface area contributed by atoms with Gasteiger partial charge in [0.15, 0.2) is 0 Å². The molecular weight excluding hydrogens is 180 g/mol. The summed E-state index contributed by atoms with van der Waals surface area (Å²) < 4.78 is 1.51. The summed E-state index contributed by atoms with van der Waals surface area (Å²) in [7, 11) is 0. The standard InChI is InChI=1S/C9H16N4O/c1-9(2,3)12-8(14)6-13-5-7(10)4-11-13/h4-5H,6,10H2,1-3H3,(H,12,14). The van der Waals surface area contributed by atoms with E-state index in [4.69, 9.17) is 5.73 Å². The van der Waals surface area contributed by atoms with E-state index < -0.39 is 0 Å². The minimum absolute atomic E-state index is 0.0689. The molecule has 0 spiro atoms. The van der Waals surface area contributed by atoms with Gasteiger partial charge in [0.2, 0.25) is 5.91 Å². The maximum Gasteiger partial charge on any atom is 0.242 e. The first-order chi connectivity index (χ1) is 6.37. The lowest BCUT2D eigenvalue weighted by Gasteiger charge is -2.20. The van der Waals surface area contributed by atoms with Gasteiger partial charge in [-0.1, -0.05) is 0 Å². The molecule has 5 nitrogen and oxygen atoms in total. The summed E-state index contributed by atoms with van der Waals surface area (Å²) in [5.41, 5.74) is 5.82. The number of hydrogen-bond acceptors (Lipinski definition) is 3. The average Bonchev–Trinajstić information content (AvgIpc) is 2.30. The zero-order valence-corrected chi connectivity index (χ0v) is 8.74. The number of anilines is 1. The van der Waals surface area contributed by atoms with Crippen LogP contribution in [0.5, 0.6) is 0 Å². The second-order valence-corrected chi connectivity index (χ2v) is 4.27. The molecule has 0 aliphatic carbocycles. The van der Waals surface area contributed by atoms with E-state index in [1.54, 1.807) is 6.20 Å². The predicted molar refractivity (Wildman–Crippen MR) is 54.5 cm³/mol. The van der Waals surface area contributed by atoms with Crippen LogP contribution in [0.2, 0.25) is 0 Å². The molecule has 0 saturated carbocycles. The average molecular weight is 196 g/mol. The quantitative estimate of drug-likeness (QED) is 0.718. The molecule has 0 aliphatic rings. The van der Waals surface area contributed by atoms with Crippen molar-refractivity contribution in [3.8, 4) is 0 Å². The summed E-state index contributed by atoms with van der Waals surface area (Å²) in [4.78, 5) is 11.4. The molecule has 0 atom stereocenters. The Morgan fingerprint density at radius 3 is 2.71 bits per heavy atom. The van der Waals surface area contributed by atoms with Gasteiger partial charge in [-0.25, -0.2) is 0 Å². The van der Waals surface area contributed by atoms with Crippen LogP contribution in [0.25, 0.3) is 0 Å². The number of rotatable bonds is 2. The van der Waals surface area contributed by atoms with E-state index in [1.165, 1.54) is 10.9 Å². The minimum atomic E-state index is -0.213. The van der Waals surface area contributed by atoms with Gasteiger partial charge in [0, 0.05) is 11.7 Å². The number of amides is 1. The van der Waals surface area contributed by atoms with Crippen LogP contribution in [0, 0.1) is 0 Å². The van der Waals surface area contributed by atoms with Crippen molar-refractivity contribution >= 4 is 11.6 Å². The maximum absolute atomic E-state index is 11.4. The molecule has 0 fully saturated rings. The highest BCUT2D eigenvalue weighted by molar-refractivity contribution is 5.76. The van der Waals surface area contributed by atoms with Crippen molar-refractivity contribution in [1.29, 1.82) is 0 Å². The van der Waals surface area contributed by atoms with Crippen molar-refractivity contribution in [3.05, 3.63) is 12.4 Å². The van der Waals surface area contributed by atoms with E-state index in [0.717, 1.165) is 0 Å². The molecule has 5 heteroatoms. The van der Waals surface area contributed by atoms with Crippen LogP contribution in [0.4, 0.5) is 5.69 Å². The summed E-state index contributed by atoms with van der Waals surface area (Å²) in [6.07, 6.45) is 3.15. The lowest BCUT2D eigenvalue weighted by molar-refractivity contribution is -0.123. The lowest BCUT2D eigenvalue weighted by Crippen LogP contribution is -2.42. The summed E-state index contributed by atoms with van der Waals surface area (Å²) in [6, 6.07) is 0. The predicted octanol–water partition coefficient (Wildman–Crippen LogP) is 0.380. The Bertz CT molecular complexity index is 324. The topological polar surface area (TPSA) is 72.9 Å². The van der Waals surface area contributed by atoms with Crippen LogP contribution in [0.1, 0.15) is 20.8 Å². The summed E-state index contributed by atoms with van der Waals surface area (Å²) in [5, 5.41) is 6.75.